The van der Waals surface area contributed by atoms with Crippen molar-refractivity contribution in [2.45, 2.75) is 57.8 Å². The first-order valence-electron chi connectivity index (χ1n) is 7.59. The van der Waals surface area contributed by atoms with Crippen LogP contribution in [0, 0.1) is 0 Å². The van der Waals surface area contributed by atoms with E-state index in [9.17, 15) is 0 Å². The van der Waals surface area contributed by atoms with Gasteiger partial charge in [-0.2, -0.15) is 0 Å². The standard InChI is InChI=1S/C16H25N3/c1-12(2)18-10-14-7-8-15(11-18)19(14)13(3)16-6-4-5-9-17-16/h4-6,9,12-15H,7-8,10-11H2,1-3H3/t13-,14?,15?/m0/s1. The minimum atomic E-state index is 0.452. The summed E-state index contributed by atoms with van der Waals surface area (Å²) < 4.78 is 0. The number of hydrogen-bond donors (Lipinski definition) is 0. The lowest BCUT2D eigenvalue weighted by atomic mass is 10.1. The normalized spacial score (nSPS) is 29.9. The predicted molar refractivity (Wildman–Crippen MR) is 78.0 cm³/mol. The maximum atomic E-state index is 4.55. The molecule has 2 aliphatic heterocycles. The van der Waals surface area contributed by atoms with E-state index in [1.165, 1.54) is 31.6 Å². The SMILES string of the molecule is CC(C)N1CC2CCC(C1)N2[C@@H](C)c1ccccn1. The Morgan fingerprint density at radius 1 is 1.11 bits per heavy atom. The predicted octanol–water partition coefficient (Wildman–Crippen LogP) is 2.70. The van der Waals surface area contributed by atoms with Crippen LogP contribution in [0.15, 0.2) is 24.4 Å². The summed E-state index contributed by atoms with van der Waals surface area (Å²) in [5.41, 5.74) is 1.22. The van der Waals surface area contributed by atoms with E-state index in [2.05, 4.69) is 47.7 Å². The molecule has 0 saturated carbocycles. The van der Waals surface area contributed by atoms with Crippen LogP contribution >= 0.6 is 0 Å². The molecular weight excluding hydrogens is 234 g/mol. The molecule has 104 valence electrons. The molecule has 2 bridgehead atoms. The monoisotopic (exact) mass is 259 g/mol. The van der Waals surface area contributed by atoms with Gasteiger partial charge in [-0.15, -0.1) is 0 Å². The van der Waals surface area contributed by atoms with Gasteiger partial charge in [-0.3, -0.25) is 14.8 Å². The summed E-state index contributed by atoms with van der Waals surface area (Å²) in [5.74, 6) is 0. The van der Waals surface area contributed by atoms with Gasteiger partial charge in [0.25, 0.3) is 0 Å². The summed E-state index contributed by atoms with van der Waals surface area (Å²) in [5, 5.41) is 0. The Kier molecular flexibility index (Phi) is 3.59. The van der Waals surface area contributed by atoms with Gasteiger partial charge in [-0.1, -0.05) is 6.07 Å². The van der Waals surface area contributed by atoms with Crippen molar-refractivity contribution in [2.75, 3.05) is 13.1 Å². The van der Waals surface area contributed by atoms with Gasteiger partial charge in [0.15, 0.2) is 0 Å². The van der Waals surface area contributed by atoms with Crippen LogP contribution in [0.1, 0.15) is 45.3 Å². The number of aromatic nitrogens is 1. The molecule has 1 aromatic heterocycles. The lowest BCUT2D eigenvalue weighted by Gasteiger charge is -2.45. The van der Waals surface area contributed by atoms with Crippen molar-refractivity contribution >= 4 is 0 Å². The van der Waals surface area contributed by atoms with Gasteiger partial charge in [0.05, 0.1) is 5.69 Å². The Morgan fingerprint density at radius 2 is 1.79 bits per heavy atom. The van der Waals surface area contributed by atoms with E-state index >= 15 is 0 Å². The van der Waals surface area contributed by atoms with E-state index in [1.54, 1.807) is 0 Å². The average molecular weight is 259 g/mol. The number of likely N-dealkylation sites (tertiary alicyclic amines) is 1. The number of hydrogen-bond acceptors (Lipinski definition) is 3. The van der Waals surface area contributed by atoms with Crippen LogP contribution in [0.5, 0.6) is 0 Å². The molecule has 3 atom stereocenters. The van der Waals surface area contributed by atoms with Gasteiger partial charge < -0.3 is 0 Å². The van der Waals surface area contributed by atoms with Crippen LogP contribution in [-0.2, 0) is 0 Å². The number of fused-ring (bicyclic) bond motifs is 2. The van der Waals surface area contributed by atoms with Crippen LogP contribution in [-0.4, -0.2) is 46.0 Å². The van der Waals surface area contributed by atoms with Gasteiger partial charge >= 0.3 is 0 Å². The van der Waals surface area contributed by atoms with Crippen molar-refractivity contribution in [3.05, 3.63) is 30.1 Å². The Morgan fingerprint density at radius 3 is 2.32 bits per heavy atom. The minimum Gasteiger partial charge on any atom is -0.298 e. The van der Waals surface area contributed by atoms with Crippen molar-refractivity contribution in [3.8, 4) is 0 Å². The van der Waals surface area contributed by atoms with Crippen LogP contribution in [0.2, 0.25) is 0 Å². The lowest BCUT2D eigenvalue weighted by Crippen LogP contribution is -2.55. The van der Waals surface area contributed by atoms with Crippen LogP contribution in [0.4, 0.5) is 0 Å². The zero-order chi connectivity index (χ0) is 13.4. The molecule has 3 heterocycles. The van der Waals surface area contributed by atoms with Crippen molar-refractivity contribution in [1.82, 2.24) is 14.8 Å². The van der Waals surface area contributed by atoms with E-state index < -0.39 is 0 Å². The summed E-state index contributed by atoms with van der Waals surface area (Å²) in [4.78, 5) is 9.92. The highest BCUT2D eigenvalue weighted by molar-refractivity contribution is 5.11. The molecule has 0 aromatic carbocycles. The third kappa shape index (κ3) is 2.41. The molecule has 1 aromatic rings. The topological polar surface area (TPSA) is 19.4 Å². The second-order valence-electron chi connectivity index (χ2n) is 6.31. The second kappa shape index (κ2) is 5.22. The highest BCUT2D eigenvalue weighted by Gasteiger charge is 2.42. The van der Waals surface area contributed by atoms with E-state index in [4.69, 9.17) is 0 Å². The zero-order valence-electron chi connectivity index (χ0n) is 12.3. The first kappa shape index (κ1) is 13.1. The Labute approximate surface area is 116 Å². The third-order valence-corrected chi connectivity index (χ3v) is 4.86. The van der Waals surface area contributed by atoms with Gasteiger partial charge in [0.1, 0.15) is 0 Å². The fraction of sp³-hybridized carbons (Fsp3) is 0.688. The lowest BCUT2D eigenvalue weighted by molar-refractivity contribution is 0.0226. The van der Waals surface area contributed by atoms with E-state index in [0.717, 1.165) is 12.1 Å². The minimum absolute atomic E-state index is 0.452. The maximum absolute atomic E-state index is 4.55. The Hall–Kier alpha value is -0.930. The van der Waals surface area contributed by atoms with E-state index in [-0.39, 0.29) is 0 Å². The number of rotatable bonds is 3. The largest absolute Gasteiger partial charge is 0.298 e. The van der Waals surface area contributed by atoms with Gasteiger partial charge in [-0.05, 0) is 45.7 Å². The van der Waals surface area contributed by atoms with Gasteiger partial charge in [0, 0.05) is 43.5 Å². The van der Waals surface area contributed by atoms with E-state index in [1.807, 2.05) is 12.3 Å². The van der Waals surface area contributed by atoms with Crippen LogP contribution < -0.4 is 0 Å². The fourth-order valence-electron chi connectivity index (χ4n) is 3.80. The van der Waals surface area contributed by atoms with Crippen molar-refractivity contribution < 1.29 is 0 Å². The summed E-state index contributed by atoms with van der Waals surface area (Å²) in [6, 6.07) is 8.84. The summed E-state index contributed by atoms with van der Waals surface area (Å²) in [6.07, 6.45) is 4.62. The van der Waals surface area contributed by atoms with Crippen LogP contribution in [0.3, 0.4) is 0 Å². The smallest absolute Gasteiger partial charge is 0.0572 e. The first-order chi connectivity index (χ1) is 9.16. The molecule has 2 unspecified atom stereocenters. The van der Waals surface area contributed by atoms with Crippen molar-refractivity contribution in [2.24, 2.45) is 0 Å². The average Bonchev–Trinajstić information content (AvgIpc) is 2.68. The van der Waals surface area contributed by atoms with Gasteiger partial charge in [-0.25, -0.2) is 0 Å². The Bertz CT molecular complexity index is 403. The first-order valence-corrected chi connectivity index (χ1v) is 7.59. The molecule has 0 N–H and O–H groups in total. The molecule has 19 heavy (non-hydrogen) atoms. The Balaban J connectivity index is 1.77. The van der Waals surface area contributed by atoms with Crippen molar-refractivity contribution in [3.63, 3.8) is 0 Å². The number of piperazine rings is 1. The molecule has 2 fully saturated rings. The summed E-state index contributed by atoms with van der Waals surface area (Å²) in [6.45, 7) is 9.41. The van der Waals surface area contributed by atoms with E-state index in [0.29, 0.717) is 12.1 Å². The highest BCUT2D eigenvalue weighted by atomic mass is 15.3. The maximum Gasteiger partial charge on any atom is 0.0572 e. The third-order valence-electron chi connectivity index (χ3n) is 4.86. The molecule has 3 heteroatoms. The second-order valence-corrected chi connectivity index (χ2v) is 6.31. The molecule has 2 aliphatic rings. The molecule has 0 aliphatic carbocycles. The fourth-order valence-corrected chi connectivity index (χ4v) is 3.80. The summed E-state index contributed by atoms with van der Waals surface area (Å²) in [7, 11) is 0. The zero-order valence-corrected chi connectivity index (χ0v) is 12.3. The molecule has 0 radical (unpaired) electrons. The number of pyridine rings is 1. The molecule has 3 rings (SSSR count). The molecule has 0 spiro atoms. The van der Waals surface area contributed by atoms with Crippen LogP contribution in [0.25, 0.3) is 0 Å². The summed E-state index contributed by atoms with van der Waals surface area (Å²) >= 11 is 0. The molecular formula is C16H25N3. The number of nitrogens with zero attached hydrogens (tertiary/aromatic N) is 3. The van der Waals surface area contributed by atoms with Gasteiger partial charge in [0.2, 0.25) is 0 Å². The molecule has 0 amide bonds. The molecule has 2 saturated heterocycles. The highest BCUT2D eigenvalue weighted by Crippen LogP contribution is 2.37. The molecule has 3 nitrogen and oxygen atoms in total. The quantitative estimate of drug-likeness (QED) is 0.832. The van der Waals surface area contributed by atoms with Crippen molar-refractivity contribution in [1.29, 1.82) is 0 Å².